The molecule has 0 amide bonds. The van der Waals surface area contributed by atoms with Crippen LogP contribution in [0.15, 0.2) is 0 Å². The molecule has 1 aliphatic rings. The highest BCUT2D eigenvalue weighted by molar-refractivity contribution is 5.73. The molecule has 1 rings (SSSR count). The van der Waals surface area contributed by atoms with Crippen LogP contribution in [0, 0.1) is 0 Å². The second-order valence-electron chi connectivity index (χ2n) is 3.23. The molecule has 1 fully saturated rings. The summed E-state index contributed by atoms with van der Waals surface area (Å²) in [6, 6.07) is -0.815. The molecule has 1 heterocycles. The van der Waals surface area contributed by atoms with Crippen LogP contribution in [0.1, 0.15) is 12.8 Å². The smallest absolute Gasteiger partial charge is 0.320 e. The fourth-order valence-corrected chi connectivity index (χ4v) is 1.30. The molecule has 1 saturated heterocycles. The lowest BCUT2D eigenvalue weighted by Crippen LogP contribution is -2.38. The summed E-state index contributed by atoms with van der Waals surface area (Å²) in [4.78, 5) is 10.5. The molecule has 1 aliphatic heterocycles. The van der Waals surface area contributed by atoms with Gasteiger partial charge in [0.25, 0.3) is 0 Å². The second-order valence-corrected chi connectivity index (χ2v) is 3.23. The Labute approximate surface area is 77.2 Å². The van der Waals surface area contributed by atoms with Crippen LogP contribution in [0.4, 0.5) is 0 Å². The second kappa shape index (κ2) is 5.16. The van der Waals surface area contributed by atoms with Crippen molar-refractivity contribution in [1.29, 1.82) is 0 Å². The summed E-state index contributed by atoms with van der Waals surface area (Å²) in [5, 5.41) is 11.8. The summed E-state index contributed by atoms with van der Waals surface area (Å²) in [6.45, 7) is 2.31. The van der Waals surface area contributed by atoms with Crippen LogP contribution in [0.25, 0.3) is 0 Å². The number of aliphatic carboxylic acids is 1. The van der Waals surface area contributed by atoms with E-state index in [1.165, 1.54) is 0 Å². The van der Waals surface area contributed by atoms with Gasteiger partial charge in [0, 0.05) is 19.6 Å². The average Bonchev–Trinajstić information content (AvgIpc) is 2.32. The molecule has 0 aromatic rings. The maximum Gasteiger partial charge on any atom is 0.320 e. The zero-order valence-corrected chi connectivity index (χ0v) is 7.53. The van der Waals surface area contributed by atoms with Crippen LogP contribution in [-0.4, -0.2) is 42.9 Å². The molecular weight excluding hydrogens is 172 g/mol. The molecule has 0 aliphatic carbocycles. The number of carboxylic acid groups (broad SMARTS) is 1. The van der Waals surface area contributed by atoms with E-state index in [0.29, 0.717) is 19.6 Å². The largest absolute Gasteiger partial charge is 0.480 e. The Kier molecular flexibility index (Phi) is 4.14. The maximum absolute atomic E-state index is 10.5. The van der Waals surface area contributed by atoms with E-state index in [4.69, 9.17) is 15.6 Å². The minimum Gasteiger partial charge on any atom is -0.480 e. The van der Waals surface area contributed by atoms with E-state index in [2.05, 4.69) is 5.32 Å². The van der Waals surface area contributed by atoms with Gasteiger partial charge in [-0.15, -0.1) is 0 Å². The lowest BCUT2D eigenvalue weighted by atomic mass is 10.1. The van der Waals surface area contributed by atoms with Gasteiger partial charge in [0.05, 0.1) is 6.10 Å². The maximum atomic E-state index is 10.5. The Morgan fingerprint density at radius 3 is 3.23 bits per heavy atom. The number of carboxylic acids is 1. The van der Waals surface area contributed by atoms with Crippen LogP contribution in [0.2, 0.25) is 0 Å². The molecule has 0 aromatic carbocycles. The zero-order chi connectivity index (χ0) is 9.68. The number of hydrogen-bond acceptors (Lipinski definition) is 4. The molecule has 5 heteroatoms. The zero-order valence-electron chi connectivity index (χ0n) is 7.53. The first-order valence-corrected chi connectivity index (χ1v) is 4.51. The highest BCUT2D eigenvalue weighted by Crippen LogP contribution is 2.04. The Balaban J connectivity index is 2.29. The van der Waals surface area contributed by atoms with Crippen molar-refractivity contribution in [2.24, 2.45) is 5.73 Å². The Hall–Kier alpha value is -0.650. The first kappa shape index (κ1) is 10.4. The summed E-state index contributed by atoms with van der Waals surface area (Å²) >= 11 is 0. The van der Waals surface area contributed by atoms with Gasteiger partial charge >= 0.3 is 5.97 Å². The summed E-state index contributed by atoms with van der Waals surface area (Å²) < 4.78 is 5.42. The fourth-order valence-electron chi connectivity index (χ4n) is 1.30. The van der Waals surface area contributed by atoms with E-state index in [0.717, 1.165) is 13.0 Å². The van der Waals surface area contributed by atoms with E-state index in [1.807, 2.05) is 0 Å². The van der Waals surface area contributed by atoms with Crippen LogP contribution < -0.4 is 11.1 Å². The van der Waals surface area contributed by atoms with Crippen molar-refractivity contribution in [3.63, 3.8) is 0 Å². The van der Waals surface area contributed by atoms with Crippen LogP contribution in [-0.2, 0) is 9.53 Å². The van der Waals surface area contributed by atoms with Gasteiger partial charge in [-0.3, -0.25) is 4.79 Å². The number of rotatable bonds is 3. The predicted octanol–water partition coefficient (Wildman–Crippen LogP) is -0.833. The average molecular weight is 188 g/mol. The lowest BCUT2D eigenvalue weighted by Gasteiger charge is -2.16. The summed E-state index contributed by atoms with van der Waals surface area (Å²) in [5.74, 6) is -0.965. The van der Waals surface area contributed by atoms with E-state index in [9.17, 15) is 4.79 Å². The summed E-state index contributed by atoms with van der Waals surface area (Å²) in [6.07, 6.45) is 1.29. The van der Waals surface area contributed by atoms with Crippen molar-refractivity contribution < 1.29 is 14.6 Å². The molecule has 0 aromatic heterocycles. The molecule has 13 heavy (non-hydrogen) atoms. The van der Waals surface area contributed by atoms with Crippen molar-refractivity contribution in [1.82, 2.24) is 5.32 Å². The van der Waals surface area contributed by atoms with Gasteiger partial charge in [-0.05, 0) is 13.0 Å². The molecular formula is C8H16N2O3. The van der Waals surface area contributed by atoms with E-state index < -0.39 is 12.0 Å². The summed E-state index contributed by atoms with van der Waals surface area (Å²) in [7, 11) is 0. The standard InChI is InChI=1S/C8H16N2O3/c9-7(8(11)12)4-6-5-10-2-1-3-13-6/h6-7,10H,1-5,9H2,(H,11,12). The molecule has 4 N–H and O–H groups in total. The number of carbonyl (C=O) groups is 1. The highest BCUT2D eigenvalue weighted by atomic mass is 16.5. The monoisotopic (exact) mass is 188 g/mol. The van der Waals surface area contributed by atoms with Gasteiger partial charge in [0.1, 0.15) is 6.04 Å². The molecule has 0 bridgehead atoms. The minimum atomic E-state index is -0.965. The van der Waals surface area contributed by atoms with E-state index >= 15 is 0 Å². The van der Waals surface area contributed by atoms with Crippen molar-refractivity contribution in [2.45, 2.75) is 25.0 Å². The van der Waals surface area contributed by atoms with Crippen LogP contribution in [0.3, 0.4) is 0 Å². The van der Waals surface area contributed by atoms with Gasteiger partial charge in [0.15, 0.2) is 0 Å². The van der Waals surface area contributed by atoms with Gasteiger partial charge in [-0.25, -0.2) is 0 Å². The first-order valence-electron chi connectivity index (χ1n) is 4.51. The lowest BCUT2D eigenvalue weighted by molar-refractivity contribution is -0.139. The van der Waals surface area contributed by atoms with Gasteiger partial charge in [-0.1, -0.05) is 0 Å². The SMILES string of the molecule is NC(CC1CNCCCO1)C(=O)O. The van der Waals surface area contributed by atoms with Crippen molar-refractivity contribution in [2.75, 3.05) is 19.7 Å². The Morgan fingerprint density at radius 2 is 2.54 bits per heavy atom. The third kappa shape index (κ3) is 3.71. The first-order chi connectivity index (χ1) is 6.20. The fraction of sp³-hybridized carbons (Fsp3) is 0.875. The molecule has 0 saturated carbocycles. The molecule has 0 spiro atoms. The number of hydrogen-bond donors (Lipinski definition) is 3. The number of nitrogens with two attached hydrogens (primary N) is 1. The van der Waals surface area contributed by atoms with Crippen molar-refractivity contribution in [3.8, 4) is 0 Å². The predicted molar refractivity (Wildman–Crippen MR) is 47.5 cm³/mol. The Bertz CT molecular complexity index is 167. The normalized spacial score (nSPS) is 26.4. The molecule has 0 radical (unpaired) electrons. The molecule has 76 valence electrons. The molecule has 2 unspecified atom stereocenters. The third-order valence-corrected chi connectivity index (χ3v) is 2.06. The molecule has 2 atom stereocenters. The quantitative estimate of drug-likeness (QED) is 0.538. The Morgan fingerprint density at radius 1 is 1.77 bits per heavy atom. The van der Waals surface area contributed by atoms with Crippen LogP contribution in [0.5, 0.6) is 0 Å². The van der Waals surface area contributed by atoms with Crippen molar-refractivity contribution in [3.05, 3.63) is 0 Å². The highest BCUT2D eigenvalue weighted by Gasteiger charge is 2.20. The summed E-state index contributed by atoms with van der Waals surface area (Å²) in [5.41, 5.74) is 5.39. The molecule has 5 nitrogen and oxygen atoms in total. The number of ether oxygens (including phenoxy) is 1. The van der Waals surface area contributed by atoms with Gasteiger partial charge < -0.3 is 20.9 Å². The topological polar surface area (TPSA) is 84.6 Å². The van der Waals surface area contributed by atoms with E-state index in [-0.39, 0.29) is 6.10 Å². The minimum absolute atomic E-state index is 0.0615. The van der Waals surface area contributed by atoms with Gasteiger partial charge in [-0.2, -0.15) is 0 Å². The number of nitrogens with one attached hydrogen (secondary N) is 1. The van der Waals surface area contributed by atoms with E-state index in [1.54, 1.807) is 0 Å². The van der Waals surface area contributed by atoms with Crippen LogP contribution >= 0.6 is 0 Å². The van der Waals surface area contributed by atoms with Crippen molar-refractivity contribution >= 4 is 5.97 Å². The van der Waals surface area contributed by atoms with Gasteiger partial charge in [0.2, 0.25) is 0 Å². The third-order valence-electron chi connectivity index (χ3n) is 2.06.